The van der Waals surface area contributed by atoms with Crippen molar-refractivity contribution in [3.8, 4) is 28.0 Å². The van der Waals surface area contributed by atoms with Crippen LogP contribution in [0.4, 0.5) is 35.1 Å². The van der Waals surface area contributed by atoms with Crippen LogP contribution in [0.3, 0.4) is 0 Å². The van der Waals surface area contributed by atoms with E-state index in [1.54, 1.807) is 6.07 Å². The van der Waals surface area contributed by atoms with Crippen LogP contribution < -0.4 is 4.74 Å². The first-order valence-electron chi connectivity index (χ1n) is 15.8. The summed E-state index contributed by atoms with van der Waals surface area (Å²) in [4.78, 5) is 0. The third-order valence-corrected chi connectivity index (χ3v) is 8.97. The first-order chi connectivity index (χ1) is 22.9. The second kappa shape index (κ2) is 14.8. The summed E-state index contributed by atoms with van der Waals surface area (Å²) < 4.78 is 124. The van der Waals surface area contributed by atoms with Gasteiger partial charge in [0.1, 0.15) is 46.2 Å². The van der Waals surface area contributed by atoms with Gasteiger partial charge < -0.3 is 4.74 Å². The molecule has 0 unspecified atom stereocenters. The molecular weight excluding hydrogens is 636 g/mol. The SMILES string of the molecule is C=CCCc1c(F)cc(-c2ccc(OC(F)(F)c3c(F)cc(-c4ccc(C5CCC(CCC=C)CC5)cc4F)cc3F)cc2F)cc1F. The summed E-state index contributed by atoms with van der Waals surface area (Å²) in [5.74, 6) is -7.19. The molecule has 1 aliphatic carbocycles. The normalized spacial score (nSPS) is 16.5. The van der Waals surface area contributed by atoms with E-state index >= 15 is 22.0 Å². The lowest BCUT2D eigenvalue weighted by molar-refractivity contribution is -0.189. The first kappa shape index (κ1) is 34.9. The molecule has 0 aromatic heterocycles. The van der Waals surface area contributed by atoms with Gasteiger partial charge in [-0.25, -0.2) is 26.3 Å². The molecule has 48 heavy (non-hydrogen) atoms. The number of hydrogen-bond acceptors (Lipinski definition) is 1. The second-order valence-corrected chi connectivity index (χ2v) is 12.1. The van der Waals surface area contributed by atoms with Crippen LogP contribution in [-0.4, -0.2) is 0 Å². The largest absolute Gasteiger partial charge is 0.432 e. The minimum atomic E-state index is -4.61. The Balaban J connectivity index is 1.32. The van der Waals surface area contributed by atoms with Crippen molar-refractivity contribution in [3.63, 3.8) is 0 Å². The molecule has 9 heteroatoms. The Morgan fingerprint density at radius 1 is 0.646 bits per heavy atom. The Labute approximate surface area is 274 Å². The van der Waals surface area contributed by atoms with Gasteiger partial charge >= 0.3 is 6.11 Å². The number of rotatable bonds is 12. The molecule has 4 aromatic carbocycles. The van der Waals surface area contributed by atoms with Crippen LogP contribution >= 0.6 is 0 Å². The van der Waals surface area contributed by atoms with Crippen LogP contribution in [0.15, 0.2) is 86.0 Å². The zero-order chi connectivity index (χ0) is 34.6. The highest BCUT2D eigenvalue weighted by Gasteiger charge is 2.41. The Hall–Kier alpha value is -4.40. The summed E-state index contributed by atoms with van der Waals surface area (Å²) in [6, 6.07) is 9.74. The molecule has 1 fully saturated rings. The van der Waals surface area contributed by atoms with Crippen LogP contribution in [0.2, 0.25) is 0 Å². The first-order valence-corrected chi connectivity index (χ1v) is 15.8. The lowest BCUT2D eigenvalue weighted by Crippen LogP contribution is -2.25. The minimum Gasteiger partial charge on any atom is -0.429 e. The van der Waals surface area contributed by atoms with E-state index in [4.69, 9.17) is 0 Å². The maximum atomic E-state index is 15.2. The zero-order valence-corrected chi connectivity index (χ0v) is 26.1. The molecule has 0 radical (unpaired) electrons. The van der Waals surface area contributed by atoms with E-state index < -0.39 is 52.3 Å². The van der Waals surface area contributed by atoms with Gasteiger partial charge in [0.2, 0.25) is 0 Å². The fourth-order valence-corrected chi connectivity index (χ4v) is 6.40. The summed E-state index contributed by atoms with van der Waals surface area (Å²) in [6.07, 6.45) is 4.95. The van der Waals surface area contributed by atoms with Crippen molar-refractivity contribution in [2.24, 2.45) is 5.92 Å². The molecule has 0 saturated heterocycles. The van der Waals surface area contributed by atoms with Gasteiger partial charge in [0.05, 0.1) is 0 Å². The monoisotopic (exact) mass is 670 g/mol. The Kier molecular flexibility index (Phi) is 10.8. The van der Waals surface area contributed by atoms with Crippen molar-refractivity contribution in [1.29, 1.82) is 0 Å². The van der Waals surface area contributed by atoms with Crippen molar-refractivity contribution in [2.45, 2.75) is 63.4 Å². The summed E-state index contributed by atoms with van der Waals surface area (Å²) in [6.45, 7) is 7.26. The van der Waals surface area contributed by atoms with Crippen molar-refractivity contribution >= 4 is 0 Å². The average molecular weight is 671 g/mol. The molecule has 0 aliphatic heterocycles. The van der Waals surface area contributed by atoms with Gasteiger partial charge in [0, 0.05) is 22.8 Å². The van der Waals surface area contributed by atoms with Crippen LogP contribution in [0, 0.1) is 40.8 Å². The topological polar surface area (TPSA) is 9.23 Å². The van der Waals surface area contributed by atoms with Crippen molar-refractivity contribution < 1.29 is 39.9 Å². The van der Waals surface area contributed by atoms with Gasteiger partial charge in [-0.2, -0.15) is 8.78 Å². The zero-order valence-electron chi connectivity index (χ0n) is 26.1. The predicted octanol–water partition coefficient (Wildman–Crippen LogP) is 12.3. The molecular formula is C39H34F8O. The highest BCUT2D eigenvalue weighted by Crippen LogP contribution is 2.41. The average Bonchev–Trinajstić information content (AvgIpc) is 3.03. The molecule has 252 valence electrons. The number of benzene rings is 4. The standard InChI is InChI=1S/C39H34F8O/c1-3-5-7-23-9-11-24(12-10-23)25-13-15-29(32(40)17-25)27-20-36(44)38(37(45)21-27)39(46,47)48-28-14-16-30(35(43)22-28)26-18-33(41)31(8-6-4-2)34(42)19-26/h3-4,13-24H,1-2,5-12H2. The molecule has 1 nitrogen and oxygen atoms in total. The number of alkyl halides is 2. The van der Waals surface area contributed by atoms with Crippen molar-refractivity contribution in [2.75, 3.05) is 0 Å². The van der Waals surface area contributed by atoms with Crippen LogP contribution in [0.25, 0.3) is 22.3 Å². The predicted molar refractivity (Wildman–Crippen MR) is 171 cm³/mol. The molecule has 1 saturated carbocycles. The summed E-state index contributed by atoms with van der Waals surface area (Å²) >= 11 is 0. The van der Waals surface area contributed by atoms with Gasteiger partial charge in [0.15, 0.2) is 0 Å². The summed E-state index contributed by atoms with van der Waals surface area (Å²) in [5, 5.41) is 0. The quantitative estimate of drug-likeness (QED) is 0.108. The van der Waals surface area contributed by atoms with Gasteiger partial charge in [-0.15, -0.1) is 13.2 Å². The Bertz CT molecular complexity index is 1760. The number of allylic oxidation sites excluding steroid dienone is 2. The van der Waals surface area contributed by atoms with Gasteiger partial charge in [-0.05, 0) is 122 Å². The van der Waals surface area contributed by atoms with E-state index in [1.165, 1.54) is 18.2 Å². The van der Waals surface area contributed by atoms with Crippen LogP contribution in [0.5, 0.6) is 5.75 Å². The fourth-order valence-electron chi connectivity index (χ4n) is 6.40. The van der Waals surface area contributed by atoms with Crippen molar-refractivity contribution in [3.05, 3.63) is 138 Å². The van der Waals surface area contributed by atoms with E-state index in [1.807, 2.05) is 6.08 Å². The van der Waals surface area contributed by atoms with Gasteiger partial charge in [-0.3, -0.25) is 0 Å². The molecule has 0 bridgehead atoms. The van der Waals surface area contributed by atoms with Crippen molar-refractivity contribution in [1.82, 2.24) is 0 Å². The van der Waals surface area contributed by atoms with Crippen LogP contribution in [-0.2, 0) is 12.5 Å². The molecule has 0 spiro atoms. The molecule has 0 amide bonds. The minimum absolute atomic E-state index is 0.0407. The lowest BCUT2D eigenvalue weighted by Gasteiger charge is -2.28. The molecule has 0 N–H and O–H groups in total. The summed E-state index contributed by atoms with van der Waals surface area (Å²) in [7, 11) is 0. The lowest BCUT2D eigenvalue weighted by atomic mass is 9.77. The van der Waals surface area contributed by atoms with E-state index in [2.05, 4.69) is 17.9 Å². The smallest absolute Gasteiger partial charge is 0.429 e. The van der Waals surface area contributed by atoms with E-state index in [9.17, 15) is 13.2 Å². The number of ether oxygens (including phenoxy) is 1. The maximum absolute atomic E-state index is 15.2. The van der Waals surface area contributed by atoms with Gasteiger partial charge in [-0.1, -0.05) is 24.3 Å². The Morgan fingerprint density at radius 3 is 1.73 bits per heavy atom. The Morgan fingerprint density at radius 2 is 1.19 bits per heavy atom. The summed E-state index contributed by atoms with van der Waals surface area (Å²) in [5.41, 5.74) is -2.14. The molecule has 0 atom stereocenters. The second-order valence-electron chi connectivity index (χ2n) is 12.1. The number of halogens is 8. The highest BCUT2D eigenvalue weighted by molar-refractivity contribution is 5.67. The van der Waals surface area contributed by atoms with E-state index in [0.717, 1.165) is 68.4 Å². The van der Waals surface area contributed by atoms with Crippen LogP contribution in [0.1, 0.15) is 67.6 Å². The van der Waals surface area contributed by atoms with E-state index in [-0.39, 0.29) is 40.2 Å². The fraction of sp³-hybridized carbons (Fsp3) is 0.282. The molecule has 5 rings (SSSR count). The van der Waals surface area contributed by atoms with Gasteiger partial charge in [0.25, 0.3) is 0 Å². The molecule has 1 aliphatic rings. The maximum Gasteiger partial charge on any atom is 0.432 e. The molecule has 0 heterocycles. The third-order valence-electron chi connectivity index (χ3n) is 8.97. The molecule has 4 aromatic rings. The highest BCUT2D eigenvalue weighted by atomic mass is 19.3. The third kappa shape index (κ3) is 7.66. The number of hydrogen-bond donors (Lipinski definition) is 0. The van der Waals surface area contributed by atoms with E-state index in [0.29, 0.717) is 30.5 Å².